The van der Waals surface area contributed by atoms with Gasteiger partial charge in [0.25, 0.3) is 0 Å². The SMILES string of the molecule is CCOC(=O)OC1(CCCCOCCc2cccc(C(F)(F)F)c2)CO1. The monoisotopic (exact) mass is 376 g/mol. The van der Waals surface area contributed by atoms with Crippen LogP contribution in [0.4, 0.5) is 18.0 Å². The number of carbonyl (C=O) groups is 1. The minimum atomic E-state index is -4.33. The number of epoxide rings is 1. The van der Waals surface area contributed by atoms with E-state index in [4.69, 9.17) is 18.9 Å². The molecule has 2 rings (SSSR count). The second kappa shape index (κ2) is 9.23. The van der Waals surface area contributed by atoms with E-state index in [-0.39, 0.29) is 6.61 Å². The molecule has 1 heterocycles. The van der Waals surface area contributed by atoms with Crippen LogP contribution in [-0.4, -0.2) is 38.4 Å². The van der Waals surface area contributed by atoms with Gasteiger partial charge in [-0.1, -0.05) is 18.2 Å². The van der Waals surface area contributed by atoms with Crippen LogP contribution in [0, 0.1) is 0 Å². The van der Waals surface area contributed by atoms with Gasteiger partial charge in [-0.3, -0.25) is 0 Å². The standard InChI is InChI=1S/C18H23F3O5/c1-2-24-16(22)26-17(13-25-17)9-3-4-10-23-11-8-14-6-5-7-15(12-14)18(19,20)21/h5-7,12H,2-4,8-11,13H2,1H3. The fourth-order valence-corrected chi connectivity index (χ4v) is 2.43. The van der Waals surface area contributed by atoms with E-state index in [1.165, 1.54) is 6.07 Å². The third-order valence-corrected chi connectivity index (χ3v) is 3.88. The van der Waals surface area contributed by atoms with E-state index in [1.807, 2.05) is 0 Å². The summed E-state index contributed by atoms with van der Waals surface area (Å²) in [7, 11) is 0. The van der Waals surface area contributed by atoms with Gasteiger partial charge in [-0.2, -0.15) is 13.2 Å². The maximum Gasteiger partial charge on any atom is 0.510 e. The highest BCUT2D eigenvalue weighted by Crippen LogP contribution is 2.34. The number of halogens is 3. The molecule has 26 heavy (non-hydrogen) atoms. The summed E-state index contributed by atoms with van der Waals surface area (Å²) in [5, 5.41) is 0. The van der Waals surface area contributed by atoms with Crippen molar-refractivity contribution >= 4 is 6.16 Å². The van der Waals surface area contributed by atoms with Gasteiger partial charge < -0.3 is 18.9 Å². The van der Waals surface area contributed by atoms with Gasteiger partial charge in [-0.05, 0) is 37.8 Å². The predicted octanol–water partition coefficient (Wildman–Crippen LogP) is 4.33. The fraction of sp³-hybridized carbons (Fsp3) is 0.611. The summed E-state index contributed by atoms with van der Waals surface area (Å²) in [4.78, 5) is 11.3. The van der Waals surface area contributed by atoms with E-state index < -0.39 is 23.7 Å². The van der Waals surface area contributed by atoms with E-state index in [0.717, 1.165) is 25.0 Å². The molecule has 1 aliphatic rings. The molecule has 0 spiro atoms. The predicted molar refractivity (Wildman–Crippen MR) is 86.6 cm³/mol. The first kappa shape index (κ1) is 20.5. The Balaban J connectivity index is 1.57. The van der Waals surface area contributed by atoms with Crippen LogP contribution in [0.2, 0.25) is 0 Å². The van der Waals surface area contributed by atoms with Crippen molar-refractivity contribution in [2.24, 2.45) is 0 Å². The summed E-state index contributed by atoms with van der Waals surface area (Å²) in [6, 6.07) is 5.25. The topological polar surface area (TPSA) is 57.3 Å². The lowest BCUT2D eigenvalue weighted by molar-refractivity contribution is -0.137. The van der Waals surface area contributed by atoms with E-state index in [1.54, 1.807) is 13.0 Å². The van der Waals surface area contributed by atoms with Gasteiger partial charge in [0.2, 0.25) is 5.79 Å². The zero-order valence-corrected chi connectivity index (χ0v) is 14.6. The molecule has 5 nitrogen and oxygen atoms in total. The Morgan fingerprint density at radius 3 is 2.69 bits per heavy atom. The molecule has 0 saturated carbocycles. The minimum Gasteiger partial charge on any atom is -0.435 e. The first-order valence-corrected chi connectivity index (χ1v) is 8.58. The summed E-state index contributed by atoms with van der Waals surface area (Å²) in [5.74, 6) is -0.857. The third kappa shape index (κ3) is 6.84. The molecule has 0 radical (unpaired) electrons. The lowest BCUT2D eigenvalue weighted by Crippen LogP contribution is -2.22. The molecule has 1 fully saturated rings. The average molecular weight is 376 g/mol. The van der Waals surface area contributed by atoms with E-state index in [2.05, 4.69) is 0 Å². The van der Waals surface area contributed by atoms with Crippen molar-refractivity contribution in [2.75, 3.05) is 26.4 Å². The van der Waals surface area contributed by atoms with Gasteiger partial charge in [0.05, 0.1) is 18.8 Å². The van der Waals surface area contributed by atoms with Crippen LogP contribution >= 0.6 is 0 Å². The lowest BCUT2D eigenvalue weighted by atomic mass is 10.1. The summed E-state index contributed by atoms with van der Waals surface area (Å²) in [5.41, 5.74) is -0.0562. The van der Waals surface area contributed by atoms with Crippen molar-refractivity contribution in [1.82, 2.24) is 0 Å². The van der Waals surface area contributed by atoms with Crippen LogP contribution in [0.15, 0.2) is 24.3 Å². The third-order valence-electron chi connectivity index (χ3n) is 3.88. The van der Waals surface area contributed by atoms with Crippen molar-refractivity contribution in [3.05, 3.63) is 35.4 Å². The van der Waals surface area contributed by atoms with Crippen LogP contribution in [0.5, 0.6) is 0 Å². The fourth-order valence-electron chi connectivity index (χ4n) is 2.43. The van der Waals surface area contributed by atoms with E-state index in [9.17, 15) is 18.0 Å². The smallest absolute Gasteiger partial charge is 0.435 e. The molecule has 0 aliphatic carbocycles. The van der Waals surface area contributed by atoms with Crippen molar-refractivity contribution in [3.63, 3.8) is 0 Å². The van der Waals surface area contributed by atoms with Crippen LogP contribution < -0.4 is 0 Å². The zero-order valence-electron chi connectivity index (χ0n) is 14.6. The number of rotatable bonds is 10. The molecule has 1 aromatic carbocycles. The second-order valence-corrected chi connectivity index (χ2v) is 6.00. The molecule has 1 saturated heterocycles. The zero-order chi connectivity index (χ0) is 19.0. The molecule has 0 amide bonds. The van der Waals surface area contributed by atoms with Gasteiger partial charge in [-0.25, -0.2) is 4.79 Å². The largest absolute Gasteiger partial charge is 0.510 e. The summed E-state index contributed by atoms with van der Waals surface area (Å²) in [6.07, 6.45) is -2.61. The Labute approximate surface area is 150 Å². The molecule has 1 aliphatic heterocycles. The molecule has 146 valence electrons. The number of unbranched alkanes of at least 4 members (excludes halogenated alkanes) is 1. The Bertz CT molecular complexity index is 584. The van der Waals surface area contributed by atoms with E-state index in [0.29, 0.717) is 38.2 Å². The van der Waals surface area contributed by atoms with Crippen molar-refractivity contribution in [3.8, 4) is 0 Å². The average Bonchev–Trinajstić information content (AvgIpc) is 3.33. The molecular weight excluding hydrogens is 353 g/mol. The Morgan fingerprint density at radius 2 is 2.04 bits per heavy atom. The molecule has 1 unspecified atom stereocenters. The summed E-state index contributed by atoms with van der Waals surface area (Å²) >= 11 is 0. The highest BCUT2D eigenvalue weighted by Gasteiger charge is 2.49. The van der Waals surface area contributed by atoms with Gasteiger partial charge in [0, 0.05) is 13.0 Å². The van der Waals surface area contributed by atoms with Crippen LogP contribution in [-0.2, 0) is 31.5 Å². The number of benzene rings is 1. The van der Waals surface area contributed by atoms with Gasteiger partial charge >= 0.3 is 12.3 Å². The summed E-state index contributed by atoms with van der Waals surface area (Å²) < 4.78 is 58.4. The first-order valence-electron chi connectivity index (χ1n) is 8.58. The Kier molecular flexibility index (Phi) is 7.28. The highest BCUT2D eigenvalue weighted by atomic mass is 19.4. The number of carbonyl (C=O) groups excluding carboxylic acids is 1. The molecule has 8 heteroatoms. The molecule has 1 atom stereocenters. The molecule has 0 aromatic heterocycles. The molecule has 1 aromatic rings. The van der Waals surface area contributed by atoms with Gasteiger partial charge in [-0.15, -0.1) is 0 Å². The Hall–Kier alpha value is -1.80. The van der Waals surface area contributed by atoms with Crippen LogP contribution in [0.3, 0.4) is 0 Å². The van der Waals surface area contributed by atoms with Crippen molar-refractivity contribution in [2.45, 2.75) is 44.6 Å². The second-order valence-electron chi connectivity index (χ2n) is 6.00. The highest BCUT2D eigenvalue weighted by molar-refractivity contribution is 5.60. The van der Waals surface area contributed by atoms with E-state index >= 15 is 0 Å². The number of ether oxygens (including phenoxy) is 4. The normalized spacial score (nSPS) is 19.2. The van der Waals surface area contributed by atoms with Gasteiger partial charge in [0.15, 0.2) is 0 Å². The lowest BCUT2D eigenvalue weighted by Gasteiger charge is -2.12. The number of hydrogen-bond acceptors (Lipinski definition) is 5. The summed E-state index contributed by atoms with van der Waals surface area (Å²) in [6.45, 7) is 3.13. The molecule has 0 N–H and O–H groups in total. The quantitative estimate of drug-likeness (QED) is 0.346. The maximum absolute atomic E-state index is 12.6. The number of alkyl halides is 3. The minimum absolute atomic E-state index is 0.245. The maximum atomic E-state index is 12.6. The Morgan fingerprint density at radius 1 is 1.27 bits per heavy atom. The van der Waals surface area contributed by atoms with Crippen molar-refractivity contribution < 1.29 is 36.9 Å². The van der Waals surface area contributed by atoms with Crippen LogP contribution in [0.1, 0.15) is 37.3 Å². The molecule has 0 bridgehead atoms. The van der Waals surface area contributed by atoms with Crippen molar-refractivity contribution in [1.29, 1.82) is 0 Å². The number of hydrogen-bond donors (Lipinski definition) is 0. The first-order chi connectivity index (χ1) is 12.3. The molecular formula is C18H23F3O5. The van der Waals surface area contributed by atoms with Gasteiger partial charge in [0.1, 0.15) is 6.61 Å². The van der Waals surface area contributed by atoms with Crippen LogP contribution in [0.25, 0.3) is 0 Å².